The molecule has 2 heterocycles. The molecule has 1 aliphatic rings. The summed E-state index contributed by atoms with van der Waals surface area (Å²) in [5.41, 5.74) is 1.41. The van der Waals surface area contributed by atoms with Crippen LogP contribution in [0.1, 0.15) is 32.1 Å². The molecule has 0 spiro atoms. The van der Waals surface area contributed by atoms with Gasteiger partial charge in [-0.2, -0.15) is 0 Å². The van der Waals surface area contributed by atoms with Crippen LogP contribution in [0.15, 0.2) is 36.5 Å². The summed E-state index contributed by atoms with van der Waals surface area (Å²) in [5.74, 6) is -1.03. The Balaban J connectivity index is 1.67. The summed E-state index contributed by atoms with van der Waals surface area (Å²) in [4.78, 5) is 30.5. The summed E-state index contributed by atoms with van der Waals surface area (Å²) in [5, 5.41) is 3.61. The molecule has 0 saturated carbocycles. The van der Waals surface area contributed by atoms with Gasteiger partial charge in [-0.05, 0) is 25.0 Å². The Morgan fingerprint density at radius 1 is 1.00 bits per heavy atom. The second kappa shape index (κ2) is 7.22. The molecule has 0 bridgehead atoms. The lowest BCUT2D eigenvalue weighted by Gasteiger charge is -2.24. The number of benzene rings is 1. The normalized spacial score (nSPS) is 15.7. The first-order valence-electron chi connectivity index (χ1n) is 8.19. The maximum absolute atomic E-state index is 12.3. The van der Waals surface area contributed by atoms with E-state index in [9.17, 15) is 9.59 Å². The summed E-state index contributed by atoms with van der Waals surface area (Å²) in [6, 6.07) is 9.51. The summed E-state index contributed by atoms with van der Waals surface area (Å²) in [6.45, 7) is 1.34. The van der Waals surface area contributed by atoms with Crippen molar-refractivity contribution >= 4 is 28.4 Å². The monoisotopic (exact) mass is 311 g/mol. The van der Waals surface area contributed by atoms with E-state index in [1.165, 1.54) is 6.42 Å². The molecule has 0 aliphatic carbocycles. The number of nitrogens with zero attached hydrogens (tertiary/aromatic N) is 2. The zero-order chi connectivity index (χ0) is 16.1. The molecule has 2 aromatic rings. The lowest BCUT2D eigenvalue weighted by molar-refractivity contribution is -0.143. The first kappa shape index (κ1) is 15.5. The van der Waals surface area contributed by atoms with Crippen molar-refractivity contribution in [3.05, 3.63) is 36.5 Å². The molecule has 0 atom stereocenters. The minimum absolute atomic E-state index is 0.444. The number of likely N-dealkylation sites (tertiary alicyclic amines) is 1. The van der Waals surface area contributed by atoms with Crippen molar-refractivity contribution in [3.63, 3.8) is 0 Å². The molecule has 1 aromatic carbocycles. The van der Waals surface area contributed by atoms with Gasteiger partial charge in [-0.25, -0.2) is 0 Å². The molecular formula is C18H21N3O2. The summed E-state index contributed by atoms with van der Waals surface area (Å²) in [6.07, 6.45) is 6.99. The average molecular weight is 311 g/mol. The molecule has 1 fully saturated rings. The number of fused-ring (bicyclic) bond motifs is 1. The average Bonchev–Trinajstić information content (AvgIpc) is 2.54. The molecule has 1 aromatic heterocycles. The fraction of sp³-hybridized carbons (Fsp3) is 0.389. The molecule has 0 radical (unpaired) electrons. The highest BCUT2D eigenvalue weighted by Crippen LogP contribution is 2.16. The van der Waals surface area contributed by atoms with Crippen LogP contribution in [-0.4, -0.2) is 34.8 Å². The Labute approximate surface area is 135 Å². The van der Waals surface area contributed by atoms with Crippen molar-refractivity contribution in [2.24, 2.45) is 0 Å². The molecule has 1 N–H and O–H groups in total. The van der Waals surface area contributed by atoms with E-state index >= 15 is 0 Å². The summed E-state index contributed by atoms with van der Waals surface area (Å²) in [7, 11) is 0. The fourth-order valence-electron chi connectivity index (χ4n) is 2.92. The molecular weight excluding hydrogens is 290 g/mol. The van der Waals surface area contributed by atoms with Gasteiger partial charge in [0.1, 0.15) is 0 Å². The Morgan fingerprint density at radius 2 is 1.70 bits per heavy atom. The van der Waals surface area contributed by atoms with Crippen molar-refractivity contribution in [2.75, 3.05) is 18.4 Å². The summed E-state index contributed by atoms with van der Waals surface area (Å²) < 4.78 is 0. The van der Waals surface area contributed by atoms with E-state index in [1.807, 2.05) is 30.3 Å². The van der Waals surface area contributed by atoms with E-state index in [2.05, 4.69) is 10.3 Å². The smallest absolute Gasteiger partial charge is 0.313 e. The van der Waals surface area contributed by atoms with Crippen LogP contribution in [-0.2, 0) is 9.59 Å². The van der Waals surface area contributed by atoms with Gasteiger partial charge in [0, 0.05) is 18.5 Å². The molecule has 1 saturated heterocycles. The molecule has 0 unspecified atom stereocenters. The predicted octanol–water partition coefficient (Wildman–Crippen LogP) is 2.97. The molecule has 120 valence electrons. The number of amides is 2. The second-order valence-corrected chi connectivity index (χ2v) is 5.93. The largest absolute Gasteiger partial charge is 0.334 e. The standard InChI is InChI=1S/C18H21N3O2/c22-17(18(23)21-10-6-2-1-3-7-11-21)20-15-12-14-8-4-5-9-16(14)19-13-15/h4-5,8-9,12-13H,1-3,6-7,10-11H2,(H,20,22). The van der Waals surface area contributed by atoms with Crippen LogP contribution >= 0.6 is 0 Å². The van der Waals surface area contributed by atoms with E-state index in [4.69, 9.17) is 0 Å². The van der Waals surface area contributed by atoms with Crippen LogP contribution in [0.4, 0.5) is 5.69 Å². The van der Waals surface area contributed by atoms with Gasteiger partial charge >= 0.3 is 11.8 Å². The third kappa shape index (κ3) is 3.86. The number of hydrogen-bond acceptors (Lipinski definition) is 3. The number of hydrogen-bond donors (Lipinski definition) is 1. The zero-order valence-corrected chi connectivity index (χ0v) is 13.1. The third-order valence-corrected chi connectivity index (χ3v) is 4.19. The topological polar surface area (TPSA) is 62.3 Å². The molecule has 2 amide bonds. The Kier molecular flexibility index (Phi) is 4.86. The lowest BCUT2D eigenvalue weighted by Crippen LogP contribution is -2.41. The van der Waals surface area contributed by atoms with E-state index in [-0.39, 0.29) is 0 Å². The highest BCUT2D eigenvalue weighted by Gasteiger charge is 2.22. The van der Waals surface area contributed by atoms with Gasteiger partial charge < -0.3 is 10.2 Å². The van der Waals surface area contributed by atoms with Gasteiger partial charge in [-0.3, -0.25) is 14.6 Å². The van der Waals surface area contributed by atoms with Crippen molar-refractivity contribution < 1.29 is 9.59 Å². The van der Waals surface area contributed by atoms with Crippen LogP contribution < -0.4 is 5.32 Å². The predicted molar refractivity (Wildman–Crippen MR) is 90.0 cm³/mol. The minimum atomic E-state index is -0.581. The first-order valence-corrected chi connectivity index (χ1v) is 8.19. The van der Waals surface area contributed by atoms with Crippen molar-refractivity contribution in [3.8, 4) is 0 Å². The fourth-order valence-corrected chi connectivity index (χ4v) is 2.92. The SMILES string of the molecule is O=C(Nc1cnc2ccccc2c1)C(=O)N1CCCCCCC1. The van der Waals surface area contributed by atoms with Gasteiger partial charge in [-0.15, -0.1) is 0 Å². The van der Waals surface area contributed by atoms with Crippen LogP contribution in [0.25, 0.3) is 10.9 Å². The number of para-hydroxylation sites is 1. The Hall–Kier alpha value is -2.43. The summed E-state index contributed by atoms with van der Waals surface area (Å²) >= 11 is 0. The highest BCUT2D eigenvalue weighted by atomic mass is 16.2. The van der Waals surface area contributed by atoms with Gasteiger partial charge in [0.05, 0.1) is 17.4 Å². The number of aromatic nitrogens is 1. The van der Waals surface area contributed by atoms with Crippen LogP contribution in [0.5, 0.6) is 0 Å². The van der Waals surface area contributed by atoms with Crippen LogP contribution in [0.3, 0.4) is 0 Å². The van der Waals surface area contributed by atoms with Gasteiger partial charge in [0.2, 0.25) is 0 Å². The molecule has 23 heavy (non-hydrogen) atoms. The zero-order valence-electron chi connectivity index (χ0n) is 13.1. The van der Waals surface area contributed by atoms with Crippen LogP contribution in [0.2, 0.25) is 0 Å². The maximum atomic E-state index is 12.3. The van der Waals surface area contributed by atoms with Gasteiger partial charge in [0.25, 0.3) is 0 Å². The third-order valence-electron chi connectivity index (χ3n) is 4.19. The van der Waals surface area contributed by atoms with E-state index in [0.29, 0.717) is 18.8 Å². The number of carbonyl (C=O) groups is 2. The number of carbonyl (C=O) groups excluding carboxylic acids is 2. The minimum Gasteiger partial charge on any atom is -0.334 e. The van der Waals surface area contributed by atoms with Gasteiger partial charge in [0.15, 0.2) is 0 Å². The number of rotatable bonds is 1. The molecule has 1 aliphatic heterocycles. The highest BCUT2D eigenvalue weighted by molar-refractivity contribution is 6.39. The van der Waals surface area contributed by atoms with Crippen molar-refractivity contribution in [1.29, 1.82) is 0 Å². The molecule has 5 heteroatoms. The van der Waals surface area contributed by atoms with Crippen molar-refractivity contribution in [1.82, 2.24) is 9.88 Å². The van der Waals surface area contributed by atoms with E-state index in [0.717, 1.165) is 36.6 Å². The van der Waals surface area contributed by atoms with E-state index < -0.39 is 11.8 Å². The maximum Gasteiger partial charge on any atom is 0.313 e. The number of anilines is 1. The second-order valence-electron chi connectivity index (χ2n) is 5.93. The van der Waals surface area contributed by atoms with Crippen LogP contribution in [0, 0.1) is 0 Å². The first-order chi connectivity index (χ1) is 11.2. The van der Waals surface area contributed by atoms with Crippen molar-refractivity contribution in [2.45, 2.75) is 32.1 Å². The number of nitrogens with one attached hydrogen (secondary N) is 1. The lowest BCUT2D eigenvalue weighted by atomic mass is 10.1. The van der Waals surface area contributed by atoms with Gasteiger partial charge in [-0.1, -0.05) is 37.5 Å². The molecule has 3 rings (SSSR count). The Morgan fingerprint density at radius 3 is 2.48 bits per heavy atom. The molecule has 5 nitrogen and oxygen atoms in total. The number of pyridine rings is 1. The van der Waals surface area contributed by atoms with E-state index in [1.54, 1.807) is 11.1 Å². The quantitative estimate of drug-likeness (QED) is 0.824. The Bertz CT molecular complexity index is 706.